The van der Waals surface area contributed by atoms with E-state index in [1.165, 1.54) is 18.0 Å². The second kappa shape index (κ2) is 7.44. The molecule has 0 atom stereocenters. The van der Waals surface area contributed by atoms with Crippen LogP contribution in [0.15, 0.2) is 60.9 Å². The van der Waals surface area contributed by atoms with Gasteiger partial charge in [-0.3, -0.25) is 0 Å². The molecule has 1 aromatic heterocycles. The molecule has 1 heterocycles. The van der Waals surface area contributed by atoms with Crippen molar-refractivity contribution < 1.29 is 9.53 Å². The van der Waals surface area contributed by atoms with Gasteiger partial charge in [0.2, 0.25) is 0 Å². The third kappa shape index (κ3) is 4.54. The van der Waals surface area contributed by atoms with E-state index in [1.54, 1.807) is 0 Å². The number of rotatable bonds is 4. The smallest absolute Gasteiger partial charge is 0.323 e. The van der Waals surface area contributed by atoms with Gasteiger partial charge in [0.25, 0.3) is 0 Å². The summed E-state index contributed by atoms with van der Waals surface area (Å²) < 4.78 is 5.51. The number of nitrogens with one attached hydrogen (secondary N) is 2. The maximum Gasteiger partial charge on any atom is 0.323 e. The first-order valence-electron chi connectivity index (χ1n) is 7.80. The summed E-state index contributed by atoms with van der Waals surface area (Å²) in [4.78, 5) is 20.2. The largest absolute Gasteiger partial charge is 0.424 e. The van der Waals surface area contributed by atoms with Gasteiger partial charge in [-0.15, -0.1) is 0 Å². The fraction of sp³-hybridized carbons (Fsp3) is 0.105. The molecule has 0 aliphatic carbocycles. The lowest BCUT2D eigenvalue weighted by Gasteiger charge is -2.09. The van der Waals surface area contributed by atoms with Gasteiger partial charge in [-0.25, -0.2) is 14.8 Å². The number of anilines is 2. The normalized spacial score (nSPS) is 10.2. The number of amides is 2. The number of para-hydroxylation sites is 1. The standard InChI is InChI=1S/C19H18N4O2/c1-13-8-9-15(10-14(13)2)22-18(24)23-16-11-20-19(21-12-16)25-17-6-4-3-5-7-17/h3-12H,1-2H3,(H2,22,23,24). The van der Waals surface area contributed by atoms with Crippen LogP contribution in [0.4, 0.5) is 16.2 Å². The Morgan fingerprint density at radius 2 is 1.56 bits per heavy atom. The van der Waals surface area contributed by atoms with Crippen molar-refractivity contribution in [3.63, 3.8) is 0 Å². The average molecular weight is 334 g/mol. The topological polar surface area (TPSA) is 76.1 Å². The molecular weight excluding hydrogens is 316 g/mol. The molecule has 6 nitrogen and oxygen atoms in total. The number of nitrogens with zero attached hydrogens (tertiary/aromatic N) is 2. The second-order valence-corrected chi connectivity index (χ2v) is 5.55. The maximum atomic E-state index is 12.0. The van der Waals surface area contributed by atoms with Crippen molar-refractivity contribution in [2.75, 3.05) is 10.6 Å². The molecule has 0 radical (unpaired) electrons. The predicted molar refractivity (Wildman–Crippen MR) is 97.1 cm³/mol. The summed E-state index contributed by atoms with van der Waals surface area (Å²) in [7, 11) is 0. The van der Waals surface area contributed by atoms with E-state index < -0.39 is 0 Å². The fourth-order valence-electron chi connectivity index (χ4n) is 2.14. The number of hydrogen-bond acceptors (Lipinski definition) is 4. The zero-order valence-electron chi connectivity index (χ0n) is 14.0. The fourth-order valence-corrected chi connectivity index (χ4v) is 2.14. The number of carbonyl (C=O) groups is 1. The highest BCUT2D eigenvalue weighted by atomic mass is 16.5. The first kappa shape index (κ1) is 16.4. The predicted octanol–water partition coefficient (Wildman–Crippen LogP) is 4.53. The van der Waals surface area contributed by atoms with Crippen molar-refractivity contribution in [1.82, 2.24) is 9.97 Å². The van der Waals surface area contributed by atoms with Gasteiger partial charge in [-0.05, 0) is 49.2 Å². The molecule has 0 saturated carbocycles. The van der Waals surface area contributed by atoms with Gasteiger partial charge in [0, 0.05) is 5.69 Å². The molecule has 3 rings (SSSR count). The van der Waals surface area contributed by atoms with Gasteiger partial charge < -0.3 is 15.4 Å². The average Bonchev–Trinajstić information content (AvgIpc) is 2.61. The molecule has 0 aliphatic rings. The number of hydrogen-bond donors (Lipinski definition) is 2. The number of benzene rings is 2. The highest BCUT2D eigenvalue weighted by Gasteiger charge is 2.06. The van der Waals surface area contributed by atoms with E-state index in [0.29, 0.717) is 11.4 Å². The number of ether oxygens (including phenoxy) is 1. The Morgan fingerprint density at radius 3 is 2.24 bits per heavy atom. The molecule has 2 amide bonds. The van der Waals surface area contributed by atoms with Crippen LogP contribution in [-0.2, 0) is 0 Å². The molecule has 0 spiro atoms. The van der Waals surface area contributed by atoms with Gasteiger partial charge >= 0.3 is 12.0 Å². The second-order valence-electron chi connectivity index (χ2n) is 5.55. The van der Waals surface area contributed by atoms with Crippen LogP contribution in [-0.4, -0.2) is 16.0 Å². The number of urea groups is 1. The van der Waals surface area contributed by atoms with Gasteiger partial charge in [-0.1, -0.05) is 24.3 Å². The molecule has 2 N–H and O–H groups in total. The molecule has 0 aliphatic heterocycles. The SMILES string of the molecule is Cc1ccc(NC(=O)Nc2cnc(Oc3ccccc3)nc2)cc1C. The monoisotopic (exact) mass is 334 g/mol. The van der Waals surface area contributed by atoms with Crippen LogP contribution in [0.25, 0.3) is 0 Å². The number of aromatic nitrogens is 2. The molecule has 0 saturated heterocycles. The lowest BCUT2D eigenvalue weighted by molar-refractivity contribution is 0.262. The van der Waals surface area contributed by atoms with Crippen LogP contribution in [0.2, 0.25) is 0 Å². The van der Waals surface area contributed by atoms with E-state index in [9.17, 15) is 4.79 Å². The van der Waals surface area contributed by atoms with Gasteiger partial charge in [0.1, 0.15) is 5.75 Å². The molecule has 6 heteroatoms. The third-order valence-electron chi connectivity index (χ3n) is 3.60. The highest BCUT2D eigenvalue weighted by Crippen LogP contribution is 2.18. The minimum absolute atomic E-state index is 0.214. The van der Waals surface area contributed by atoms with Crippen LogP contribution < -0.4 is 15.4 Å². The summed E-state index contributed by atoms with van der Waals surface area (Å²) >= 11 is 0. The Morgan fingerprint density at radius 1 is 0.880 bits per heavy atom. The molecule has 126 valence electrons. The Bertz CT molecular complexity index is 864. The van der Waals surface area contributed by atoms with Crippen molar-refractivity contribution in [3.05, 3.63) is 72.1 Å². The Balaban J connectivity index is 1.59. The van der Waals surface area contributed by atoms with Gasteiger partial charge in [0.15, 0.2) is 0 Å². The quantitative estimate of drug-likeness (QED) is 0.735. The van der Waals surface area contributed by atoms with E-state index >= 15 is 0 Å². The summed E-state index contributed by atoms with van der Waals surface area (Å²) in [5, 5.41) is 5.46. The highest BCUT2D eigenvalue weighted by molar-refractivity contribution is 5.99. The third-order valence-corrected chi connectivity index (χ3v) is 3.60. The Labute approximate surface area is 145 Å². The summed E-state index contributed by atoms with van der Waals surface area (Å²) in [5.74, 6) is 0.649. The minimum atomic E-state index is -0.358. The zero-order valence-corrected chi connectivity index (χ0v) is 14.0. The van der Waals surface area contributed by atoms with Gasteiger partial charge in [-0.2, -0.15) is 0 Å². The molecule has 25 heavy (non-hydrogen) atoms. The summed E-state index contributed by atoms with van der Waals surface area (Å²) in [6.07, 6.45) is 2.98. The maximum absolute atomic E-state index is 12.0. The Kier molecular flexibility index (Phi) is 4.89. The summed E-state index contributed by atoms with van der Waals surface area (Å²) in [6.45, 7) is 4.02. The Hall–Kier alpha value is -3.41. The van der Waals surface area contributed by atoms with Crippen molar-refractivity contribution in [3.8, 4) is 11.8 Å². The van der Waals surface area contributed by atoms with E-state index in [-0.39, 0.29) is 12.0 Å². The van der Waals surface area contributed by atoms with Crippen LogP contribution in [0.3, 0.4) is 0 Å². The number of carbonyl (C=O) groups excluding carboxylic acids is 1. The van der Waals surface area contributed by atoms with Crippen molar-refractivity contribution in [2.45, 2.75) is 13.8 Å². The lowest BCUT2D eigenvalue weighted by atomic mass is 10.1. The van der Waals surface area contributed by atoms with E-state index in [0.717, 1.165) is 11.3 Å². The van der Waals surface area contributed by atoms with E-state index in [4.69, 9.17) is 4.74 Å². The molecule has 3 aromatic rings. The zero-order chi connectivity index (χ0) is 17.6. The van der Waals surface area contributed by atoms with Crippen molar-refractivity contribution in [2.24, 2.45) is 0 Å². The van der Waals surface area contributed by atoms with Crippen LogP contribution in [0.5, 0.6) is 11.8 Å². The van der Waals surface area contributed by atoms with Crippen LogP contribution in [0.1, 0.15) is 11.1 Å². The first-order chi connectivity index (χ1) is 12.1. The lowest BCUT2D eigenvalue weighted by Crippen LogP contribution is -2.19. The van der Waals surface area contributed by atoms with Crippen molar-refractivity contribution in [1.29, 1.82) is 0 Å². The van der Waals surface area contributed by atoms with E-state index in [2.05, 4.69) is 20.6 Å². The summed E-state index contributed by atoms with van der Waals surface area (Å²) in [5.41, 5.74) is 3.49. The van der Waals surface area contributed by atoms with Crippen molar-refractivity contribution >= 4 is 17.4 Å². The molecule has 0 fully saturated rings. The first-order valence-corrected chi connectivity index (χ1v) is 7.80. The minimum Gasteiger partial charge on any atom is -0.424 e. The molecular formula is C19H18N4O2. The van der Waals surface area contributed by atoms with Crippen LogP contribution >= 0.6 is 0 Å². The molecule has 2 aromatic carbocycles. The number of aryl methyl sites for hydroxylation is 2. The molecule has 0 unspecified atom stereocenters. The molecule has 0 bridgehead atoms. The van der Waals surface area contributed by atoms with E-state index in [1.807, 2.05) is 62.4 Å². The van der Waals surface area contributed by atoms with Gasteiger partial charge in [0.05, 0.1) is 18.1 Å². The van der Waals surface area contributed by atoms with Crippen LogP contribution in [0, 0.1) is 13.8 Å². The summed E-state index contributed by atoms with van der Waals surface area (Å²) in [6, 6.07) is 14.8.